The number of hydrogen-bond acceptors (Lipinski definition) is 1. The van der Waals surface area contributed by atoms with Crippen LogP contribution in [0.4, 0.5) is 0 Å². The molecule has 0 bridgehead atoms. The van der Waals surface area contributed by atoms with Crippen molar-refractivity contribution in [3.63, 3.8) is 0 Å². The molecule has 0 aliphatic heterocycles. The van der Waals surface area contributed by atoms with E-state index in [-0.39, 0.29) is 0 Å². The molecule has 1 saturated carbocycles. The summed E-state index contributed by atoms with van der Waals surface area (Å²) < 4.78 is 0. The van der Waals surface area contributed by atoms with Gasteiger partial charge < -0.3 is 5.32 Å². The van der Waals surface area contributed by atoms with E-state index in [0.29, 0.717) is 11.5 Å². The van der Waals surface area contributed by atoms with Crippen molar-refractivity contribution in [1.29, 1.82) is 0 Å². The Balaban J connectivity index is 1.92. The fourth-order valence-electron chi connectivity index (χ4n) is 1.70. The molecule has 82 valence electrons. The minimum Gasteiger partial charge on any atom is -0.307 e. The van der Waals surface area contributed by atoms with E-state index in [0.717, 1.165) is 6.54 Å². The van der Waals surface area contributed by atoms with Gasteiger partial charge >= 0.3 is 0 Å². The Morgan fingerprint density at radius 2 is 1.80 bits per heavy atom. The highest BCUT2D eigenvalue weighted by molar-refractivity contribution is 5.24. The molecular weight excluding hydrogens is 182 g/mol. The van der Waals surface area contributed by atoms with Crippen molar-refractivity contribution >= 4 is 0 Å². The molecule has 15 heavy (non-hydrogen) atoms. The Hall–Kier alpha value is -0.820. The summed E-state index contributed by atoms with van der Waals surface area (Å²) in [6, 6.07) is 8.98. The fourth-order valence-corrected chi connectivity index (χ4v) is 1.70. The molecular formula is C14H21N. The summed E-state index contributed by atoms with van der Waals surface area (Å²) in [5, 5.41) is 3.60. The minimum absolute atomic E-state index is 0.441. The maximum Gasteiger partial charge on any atom is 0.0210 e. The standard InChI is InChI=1S/C14H21N/c1-11(2)13-6-4-12(5-7-13)10-15-14(3)8-9-14/h4-7,11,15H,8-10H2,1-3H3. The molecule has 0 unspecified atom stereocenters. The molecule has 1 heteroatoms. The second-order valence-corrected chi connectivity index (χ2v) is 5.31. The van der Waals surface area contributed by atoms with E-state index in [1.54, 1.807) is 0 Å². The van der Waals surface area contributed by atoms with Gasteiger partial charge in [-0.2, -0.15) is 0 Å². The highest BCUT2D eigenvalue weighted by Gasteiger charge is 2.36. The summed E-state index contributed by atoms with van der Waals surface area (Å²) in [7, 11) is 0. The Labute approximate surface area is 92.9 Å². The van der Waals surface area contributed by atoms with Crippen molar-refractivity contribution in [2.45, 2.75) is 51.6 Å². The van der Waals surface area contributed by atoms with Gasteiger partial charge in [0.25, 0.3) is 0 Å². The predicted molar refractivity (Wildman–Crippen MR) is 65.0 cm³/mol. The molecule has 0 radical (unpaired) electrons. The van der Waals surface area contributed by atoms with Crippen molar-refractivity contribution in [2.75, 3.05) is 0 Å². The van der Waals surface area contributed by atoms with Gasteiger partial charge in [0.1, 0.15) is 0 Å². The summed E-state index contributed by atoms with van der Waals surface area (Å²) in [6.45, 7) is 7.78. The van der Waals surface area contributed by atoms with E-state index in [4.69, 9.17) is 0 Å². The third-order valence-corrected chi connectivity index (χ3v) is 3.37. The summed E-state index contributed by atoms with van der Waals surface area (Å²) in [5.41, 5.74) is 3.26. The van der Waals surface area contributed by atoms with Gasteiger partial charge in [-0.05, 0) is 36.8 Å². The smallest absolute Gasteiger partial charge is 0.0210 e. The van der Waals surface area contributed by atoms with Crippen LogP contribution in [0.2, 0.25) is 0 Å². The van der Waals surface area contributed by atoms with Crippen LogP contribution in [0.5, 0.6) is 0 Å². The third-order valence-electron chi connectivity index (χ3n) is 3.37. The topological polar surface area (TPSA) is 12.0 Å². The van der Waals surface area contributed by atoms with Crippen LogP contribution in [0.15, 0.2) is 24.3 Å². The Kier molecular flexibility index (Phi) is 2.83. The summed E-state index contributed by atoms with van der Waals surface area (Å²) in [4.78, 5) is 0. The summed E-state index contributed by atoms with van der Waals surface area (Å²) >= 11 is 0. The molecule has 0 aromatic heterocycles. The lowest BCUT2D eigenvalue weighted by molar-refractivity contribution is 0.537. The van der Waals surface area contributed by atoms with Crippen molar-refractivity contribution < 1.29 is 0 Å². The van der Waals surface area contributed by atoms with Gasteiger partial charge in [0.2, 0.25) is 0 Å². The summed E-state index contributed by atoms with van der Waals surface area (Å²) in [5.74, 6) is 0.632. The van der Waals surface area contributed by atoms with E-state index in [2.05, 4.69) is 50.4 Å². The van der Waals surface area contributed by atoms with Gasteiger partial charge in [0.05, 0.1) is 0 Å². The van der Waals surface area contributed by atoms with Gasteiger partial charge in [-0.1, -0.05) is 38.1 Å². The van der Waals surface area contributed by atoms with Gasteiger partial charge in [-0.15, -0.1) is 0 Å². The van der Waals surface area contributed by atoms with Crippen LogP contribution in [0, 0.1) is 0 Å². The quantitative estimate of drug-likeness (QED) is 0.790. The largest absolute Gasteiger partial charge is 0.307 e. The van der Waals surface area contributed by atoms with E-state index >= 15 is 0 Å². The first kappa shape index (κ1) is 10.7. The molecule has 1 N–H and O–H groups in total. The van der Waals surface area contributed by atoms with Crippen LogP contribution in [-0.2, 0) is 6.54 Å². The Morgan fingerprint density at radius 1 is 1.20 bits per heavy atom. The first-order chi connectivity index (χ1) is 7.09. The van der Waals surface area contributed by atoms with Gasteiger partial charge in [0.15, 0.2) is 0 Å². The molecule has 1 nitrogen and oxygen atoms in total. The lowest BCUT2D eigenvalue weighted by atomic mass is 10.0. The van der Waals surface area contributed by atoms with Crippen LogP contribution < -0.4 is 5.32 Å². The van der Waals surface area contributed by atoms with Gasteiger partial charge in [-0.3, -0.25) is 0 Å². The molecule has 2 rings (SSSR count). The zero-order chi connectivity index (χ0) is 10.9. The SMILES string of the molecule is CC(C)c1ccc(CNC2(C)CC2)cc1. The molecule has 0 saturated heterocycles. The highest BCUT2D eigenvalue weighted by Crippen LogP contribution is 2.34. The van der Waals surface area contributed by atoms with E-state index < -0.39 is 0 Å². The van der Waals surface area contributed by atoms with E-state index in [1.165, 1.54) is 24.0 Å². The van der Waals surface area contributed by atoms with Crippen LogP contribution in [0.25, 0.3) is 0 Å². The molecule has 0 amide bonds. The molecule has 1 aliphatic carbocycles. The zero-order valence-electron chi connectivity index (χ0n) is 10.0. The molecule has 0 atom stereocenters. The van der Waals surface area contributed by atoms with Gasteiger partial charge in [-0.25, -0.2) is 0 Å². The third kappa shape index (κ3) is 2.82. The molecule has 1 aromatic rings. The fraction of sp³-hybridized carbons (Fsp3) is 0.571. The second-order valence-electron chi connectivity index (χ2n) is 5.31. The highest BCUT2D eigenvalue weighted by atomic mass is 15.0. The zero-order valence-corrected chi connectivity index (χ0v) is 10.0. The summed E-state index contributed by atoms with van der Waals surface area (Å²) in [6.07, 6.45) is 2.66. The van der Waals surface area contributed by atoms with Crippen molar-refractivity contribution in [2.24, 2.45) is 0 Å². The first-order valence-corrected chi connectivity index (χ1v) is 5.93. The molecule has 1 fully saturated rings. The number of rotatable bonds is 4. The normalized spacial score (nSPS) is 18.1. The molecule has 1 aliphatic rings. The lowest BCUT2D eigenvalue weighted by Crippen LogP contribution is -2.26. The number of benzene rings is 1. The van der Waals surface area contributed by atoms with Crippen LogP contribution in [0.1, 0.15) is 50.7 Å². The molecule has 1 aromatic carbocycles. The number of hydrogen-bond donors (Lipinski definition) is 1. The molecule has 0 heterocycles. The van der Waals surface area contributed by atoms with Crippen LogP contribution in [0.3, 0.4) is 0 Å². The lowest BCUT2D eigenvalue weighted by Gasteiger charge is -2.12. The maximum atomic E-state index is 3.60. The van der Waals surface area contributed by atoms with E-state index in [1.807, 2.05) is 0 Å². The van der Waals surface area contributed by atoms with Crippen LogP contribution >= 0.6 is 0 Å². The predicted octanol–water partition coefficient (Wildman–Crippen LogP) is 3.45. The van der Waals surface area contributed by atoms with Gasteiger partial charge in [0, 0.05) is 12.1 Å². The van der Waals surface area contributed by atoms with E-state index in [9.17, 15) is 0 Å². The minimum atomic E-state index is 0.441. The van der Waals surface area contributed by atoms with Crippen LogP contribution in [-0.4, -0.2) is 5.54 Å². The number of nitrogens with one attached hydrogen (secondary N) is 1. The molecule has 0 spiro atoms. The Bertz CT molecular complexity index is 320. The van der Waals surface area contributed by atoms with Crippen molar-refractivity contribution in [3.8, 4) is 0 Å². The van der Waals surface area contributed by atoms with Crippen molar-refractivity contribution in [3.05, 3.63) is 35.4 Å². The average Bonchev–Trinajstić information content (AvgIpc) is 2.95. The first-order valence-electron chi connectivity index (χ1n) is 5.93. The maximum absolute atomic E-state index is 3.60. The Morgan fingerprint density at radius 3 is 2.27 bits per heavy atom. The second kappa shape index (κ2) is 3.97. The van der Waals surface area contributed by atoms with Crippen molar-refractivity contribution in [1.82, 2.24) is 5.32 Å². The average molecular weight is 203 g/mol. The monoisotopic (exact) mass is 203 g/mol.